The fourth-order valence-corrected chi connectivity index (χ4v) is 3.17. The number of pyridine rings is 1. The molecule has 0 bridgehead atoms. The van der Waals surface area contributed by atoms with Gasteiger partial charge in [0.25, 0.3) is 0 Å². The molecule has 0 aromatic carbocycles. The molecule has 1 saturated carbocycles. The number of rotatable bonds is 6. The first-order valence-electron chi connectivity index (χ1n) is 7.00. The van der Waals surface area contributed by atoms with Crippen LogP contribution in [0.5, 0.6) is 0 Å². The van der Waals surface area contributed by atoms with E-state index >= 15 is 0 Å². The van der Waals surface area contributed by atoms with Crippen LogP contribution in [0.3, 0.4) is 0 Å². The molecule has 3 rings (SSSR count). The zero-order valence-corrected chi connectivity index (χ0v) is 12.6. The van der Waals surface area contributed by atoms with Crippen LogP contribution < -0.4 is 4.90 Å². The summed E-state index contributed by atoms with van der Waals surface area (Å²) in [6, 6.07) is 5.86. The molecule has 1 aliphatic rings. The number of nitrogens with zero attached hydrogens (tertiary/aromatic N) is 3. The Morgan fingerprint density at radius 1 is 1.48 bits per heavy atom. The highest BCUT2D eigenvalue weighted by molar-refractivity contribution is 7.17. The molecule has 0 aliphatic heterocycles. The number of anilines is 1. The molecule has 21 heavy (non-hydrogen) atoms. The van der Waals surface area contributed by atoms with Crippen molar-refractivity contribution in [3.8, 4) is 0 Å². The second kappa shape index (κ2) is 5.81. The first-order valence-corrected chi connectivity index (χ1v) is 7.82. The van der Waals surface area contributed by atoms with Crippen molar-refractivity contribution in [2.45, 2.75) is 25.2 Å². The number of aromatic nitrogens is 2. The molecule has 2 aromatic rings. The van der Waals surface area contributed by atoms with E-state index in [1.165, 1.54) is 11.3 Å². The Morgan fingerprint density at radius 2 is 2.29 bits per heavy atom. The van der Waals surface area contributed by atoms with Gasteiger partial charge >= 0.3 is 5.97 Å². The van der Waals surface area contributed by atoms with Crippen LogP contribution in [-0.2, 0) is 6.42 Å². The van der Waals surface area contributed by atoms with Gasteiger partial charge in [-0.2, -0.15) is 0 Å². The zero-order valence-electron chi connectivity index (χ0n) is 11.8. The summed E-state index contributed by atoms with van der Waals surface area (Å²) in [5.74, 6) is -0.510. The van der Waals surface area contributed by atoms with Gasteiger partial charge in [0.05, 0.1) is 5.69 Å². The minimum absolute atomic E-state index is 0.352. The van der Waals surface area contributed by atoms with Gasteiger partial charge in [-0.3, -0.25) is 4.98 Å². The molecule has 0 amide bonds. The van der Waals surface area contributed by atoms with Crippen LogP contribution in [0.2, 0.25) is 0 Å². The number of carboxylic acid groups (broad SMARTS) is 1. The SMILES string of the molecule is CN(CCc1ccccn1)c1nc(C2CC2)c(C(=O)O)s1. The average molecular weight is 303 g/mol. The van der Waals surface area contributed by atoms with Crippen molar-refractivity contribution in [1.82, 2.24) is 9.97 Å². The molecule has 2 aromatic heterocycles. The summed E-state index contributed by atoms with van der Waals surface area (Å²) in [5, 5.41) is 10.1. The summed E-state index contributed by atoms with van der Waals surface area (Å²) in [7, 11) is 1.95. The van der Waals surface area contributed by atoms with Gasteiger partial charge in [-0.25, -0.2) is 9.78 Å². The summed E-state index contributed by atoms with van der Waals surface area (Å²) in [5.41, 5.74) is 1.80. The molecule has 1 aliphatic carbocycles. The highest BCUT2D eigenvalue weighted by atomic mass is 32.1. The van der Waals surface area contributed by atoms with E-state index < -0.39 is 5.97 Å². The van der Waals surface area contributed by atoms with E-state index in [4.69, 9.17) is 0 Å². The average Bonchev–Trinajstić information content (AvgIpc) is 3.24. The maximum absolute atomic E-state index is 11.3. The van der Waals surface area contributed by atoms with Gasteiger partial charge in [0.1, 0.15) is 4.88 Å². The van der Waals surface area contributed by atoms with Crippen LogP contribution in [0.25, 0.3) is 0 Å². The number of hydrogen-bond acceptors (Lipinski definition) is 5. The predicted molar refractivity (Wildman–Crippen MR) is 82.3 cm³/mol. The van der Waals surface area contributed by atoms with Gasteiger partial charge in [-0.05, 0) is 25.0 Å². The van der Waals surface area contributed by atoms with Gasteiger partial charge in [-0.15, -0.1) is 0 Å². The molecular formula is C15H17N3O2S. The van der Waals surface area contributed by atoms with Crippen LogP contribution in [0.1, 0.15) is 39.8 Å². The Hall–Kier alpha value is -1.95. The third kappa shape index (κ3) is 3.21. The van der Waals surface area contributed by atoms with E-state index in [-0.39, 0.29) is 0 Å². The molecule has 1 fully saturated rings. The van der Waals surface area contributed by atoms with Crippen molar-refractivity contribution in [2.75, 3.05) is 18.5 Å². The monoisotopic (exact) mass is 303 g/mol. The van der Waals surface area contributed by atoms with E-state index in [0.29, 0.717) is 10.8 Å². The lowest BCUT2D eigenvalue weighted by Crippen LogP contribution is -2.20. The van der Waals surface area contributed by atoms with E-state index in [9.17, 15) is 9.90 Å². The lowest BCUT2D eigenvalue weighted by atomic mass is 10.2. The fourth-order valence-electron chi connectivity index (χ4n) is 2.19. The second-order valence-electron chi connectivity index (χ2n) is 5.28. The quantitative estimate of drug-likeness (QED) is 0.889. The molecule has 2 heterocycles. The van der Waals surface area contributed by atoms with Gasteiger partial charge < -0.3 is 10.0 Å². The van der Waals surface area contributed by atoms with Crippen LogP contribution in [0.4, 0.5) is 5.13 Å². The van der Waals surface area contributed by atoms with E-state index in [1.54, 1.807) is 6.20 Å². The van der Waals surface area contributed by atoms with Crippen LogP contribution in [-0.4, -0.2) is 34.6 Å². The van der Waals surface area contributed by atoms with Gasteiger partial charge in [0.15, 0.2) is 5.13 Å². The first-order chi connectivity index (χ1) is 10.1. The lowest BCUT2D eigenvalue weighted by molar-refractivity contribution is 0.0700. The number of carbonyl (C=O) groups is 1. The minimum Gasteiger partial charge on any atom is -0.477 e. The maximum Gasteiger partial charge on any atom is 0.347 e. The van der Waals surface area contributed by atoms with Gasteiger partial charge in [0.2, 0.25) is 0 Å². The molecule has 6 heteroatoms. The van der Waals surface area contributed by atoms with Crippen molar-refractivity contribution in [3.63, 3.8) is 0 Å². The van der Waals surface area contributed by atoms with E-state index in [0.717, 1.165) is 42.3 Å². The molecule has 0 atom stereocenters. The molecule has 5 nitrogen and oxygen atoms in total. The largest absolute Gasteiger partial charge is 0.477 e. The minimum atomic E-state index is -0.862. The predicted octanol–water partition coefficient (Wildman–Crippen LogP) is 2.79. The van der Waals surface area contributed by atoms with Crippen LogP contribution >= 0.6 is 11.3 Å². The zero-order chi connectivity index (χ0) is 14.8. The standard InChI is InChI=1S/C15H17N3O2S/c1-18(9-7-11-4-2-3-8-16-11)15-17-12(10-5-6-10)13(21-15)14(19)20/h2-4,8,10H,5-7,9H2,1H3,(H,19,20). The van der Waals surface area contributed by atoms with Crippen molar-refractivity contribution in [2.24, 2.45) is 0 Å². The smallest absolute Gasteiger partial charge is 0.347 e. The Morgan fingerprint density at radius 3 is 2.90 bits per heavy atom. The topological polar surface area (TPSA) is 66.3 Å². The Kier molecular flexibility index (Phi) is 3.88. The third-order valence-corrected chi connectivity index (χ3v) is 4.73. The summed E-state index contributed by atoms with van der Waals surface area (Å²) in [6.45, 7) is 0.772. The Labute approximate surface area is 127 Å². The fraction of sp³-hybridized carbons (Fsp3) is 0.400. The van der Waals surface area contributed by atoms with Crippen LogP contribution in [0.15, 0.2) is 24.4 Å². The van der Waals surface area contributed by atoms with Crippen LogP contribution in [0, 0.1) is 0 Å². The van der Waals surface area contributed by atoms with Crippen molar-refractivity contribution < 1.29 is 9.90 Å². The van der Waals surface area contributed by atoms with Gasteiger partial charge in [0, 0.05) is 37.8 Å². The third-order valence-electron chi connectivity index (χ3n) is 3.56. The molecule has 0 saturated heterocycles. The summed E-state index contributed by atoms with van der Waals surface area (Å²) in [4.78, 5) is 22.6. The maximum atomic E-state index is 11.3. The van der Waals surface area contributed by atoms with Crippen molar-refractivity contribution >= 4 is 22.4 Å². The number of carboxylic acids is 1. The highest BCUT2D eigenvalue weighted by Crippen LogP contribution is 2.44. The summed E-state index contributed by atoms with van der Waals surface area (Å²) in [6.07, 6.45) is 4.72. The number of aromatic carboxylic acids is 1. The second-order valence-corrected chi connectivity index (χ2v) is 6.26. The highest BCUT2D eigenvalue weighted by Gasteiger charge is 2.32. The first kappa shape index (κ1) is 14.0. The normalized spacial score (nSPS) is 14.1. The Bertz CT molecular complexity index is 638. The number of likely N-dealkylation sites (N-methyl/N-ethyl adjacent to an activating group) is 1. The molecule has 1 N–H and O–H groups in total. The number of thiazole rings is 1. The lowest BCUT2D eigenvalue weighted by Gasteiger charge is -2.15. The summed E-state index contributed by atoms with van der Waals surface area (Å²) >= 11 is 1.27. The molecule has 0 unspecified atom stereocenters. The van der Waals surface area contributed by atoms with Crippen molar-refractivity contribution in [3.05, 3.63) is 40.7 Å². The molecule has 0 spiro atoms. The summed E-state index contributed by atoms with van der Waals surface area (Å²) < 4.78 is 0. The molecule has 0 radical (unpaired) electrons. The molecule has 110 valence electrons. The van der Waals surface area contributed by atoms with Crippen molar-refractivity contribution in [1.29, 1.82) is 0 Å². The number of hydrogen-bond donors (Lipinski definition) is 1. The molecular weight excluding hydrogens is 286 g/mol. The van der Waals surface area contributed by atoms with Gasteiger partial charge in [-0.1, -0.05) is 17.4 Å². The van der Waals surface area contributed by atoms with E-state index in [2.05, 4.69) is 9.97 Å². The Balaban J connectivity index is 1.71. The van der Waals surface area contributed by atoms with E-state index in [1.807, 2.05) is 30.1 Å².